The Labute approximate surface area is 222 Å². The first kappa shape index (κ1) is 26.3. The maximum Gasteiger partial charge on any atom is 0.332 e. The number of nitrogens with zero attached hydrogens (tertiary/aromatic N) is 5. The summed E-state index contributed by atoms with van der Waals surface area (Å²) in [5, 5.41) is 4.61. The molecule has 0 saturated carbocycles. The van der Waals surface area contributed by atoms with E-state index in [-0.39, 0.29) is 23.7 Å². The van der Waals surface area contributed by atoms with Crippen LogP contribution in [0.3, 0.4) is 0 Å². The summed E-state index contributed by atoms with van der Waals surface area (Å²) in [5.41, 5.74) is 1.90. The molecule has 0 atom stereocenters. The lowest BCUT2D eigenvalue weighted by Gasteiger charge is -2.31. The van der Waals surface area contributed by atoms with Gasteiger partial charge in [0.2, 0.25) is 6.41 Å². The minimum Gasteiger partial charge on any atom is -0.485 e. The topological polar surface area (TPSA) is 91.4 Å². The Kier molecular flexibility index (Phi) is 7.58. The molecule has 1 amide bonds. The van der Waals surface area contributed by atoms with Gasteiger partial charge in [0.1, 0.15) is 19.1 Å². The van der Waals surface area contributed by atoms with Gasteiger partial charge in [-0.05, 0) is 42.7 Å². The number of hydrogen-bond donors (Lipinski definition) is 0. The van der Waals surface area contributed by atoms with Crippen LogP contribution in [0.5, 0.6) is 5.75 Å². The minimum atomic E-state index is -1.28. The van der Waals surface area contributed by atoms with Crippen molar-refractivity contribution in [2.45, 2.75) is 31.5 Å². The van der Waals surface area contributed by atoms with Crippen molar-refractivity contribution >= 4 is 17.3 Å². The number of aromatic nitrogens is 4. The van der Waals surface area contributed by atoms with Crippen molar-refractivity contribution < 1.29 is 18.3 Å². The molecule has 2 aromatic carbocycles. The lowest BCUT2D eigenvalue weighted by Crippen LogP contribution is -2.44. The van der Waals surface area contributed by atoms with Gasteiger partial charge in [-0.3, -0.25) is 23.4 Å². The van der Waals surface area contributed by atoms with Crippen molar-refractivity contribution in [1.82, 2.24) is 23.8 Å². The summed E-state index contributed by atoms with van der Waals surface area (Å²) in [6.45, 7) is -1.01. The predicted molar refractivity (Wildman–Crippen MR) is 142 cm³/mol. The number of fused-ring (bicyclic) bond motifs is 1. The number of rotatable bonds is 9. The zero-order valence-electron chi connectivity index (χ0n) is 21.5. The standard InChI is InChI=1S/C28H29F2N5O4/c1-32-11-10-25(31-32)20-4-2-19(3-5-20)17-34-27(37)24-14-22(39-23(15-29)16-30)6-7-26(24)35(28(34)38)21-8-12-33(18-36)13-9-21/h2-7,10-11,14,18,21,23H,8-9,12-13,15-17H2,1H3. The number of hydrogen-bond acceptors (Lipinski definition) is 5. The highest BCUT2D eigenvalue weighted by atomic mass is 19.1. The molecule has 11 heteroatoms. The fourth-order valence-corrected chi connectivity index (χ4v) is 5.01. The van der Waals surface area contributed by atoms with E-state index < -0.39 is 30.7 Å². The molecule has 1 aliphatic rings. The van der Waals surface area contributed by atoms with Gasteiger partial charge < -0.3 is 9.64 Å². The average Bonchev–Trinajstić information content (AvgIpc) is 3.41. The van der Waals surface area contributed by atoms with Crippen molar-refractivity contribution in [1.29, 1.82) is 0 Å². The SMILES string of the molecule is Cn1ccc(-c2ccc(Cn3c(=O)c4cc(OC(CF)CF)ccc4n(C4CCN(C=O)CC4)c3=O)cc2)n1. The fourth-order valence-electron chi connectivity index (χ4n) is 5.01. The van der Waals surface area contributed by atoms with Gasteiger partial charge in [-0.1, -0.05) is 24.3 Å². The van der Waals surface area contributed by atoms with Gasteiger partial charge in [-0.25, -0.2) is 13.6 Å². The van der Waals surface area contributed by atoms with Gasteiger partial charge in [-0.2, -0.15) is 5.10 Å². The van der Waals surface area contributed by atoms with Gasteiger partial charge in [0.05, 0.1) is 23.1 Å². The highest BCUT2D eigenvalue weighted by Crippen LogP contribution is 2.26. The second-order valence-corrected chi connectivity index (χ2v) is 9.72. The number of halogens is 2. The number of carbonyl (C=O) groups is 1. The number of alkyl halides is 2. The molecule has 2 aromatic heterocycles. The maximum atomic E-state index is 13.8. The second kappa shape index (κ2) is 11.2. The summed E-state index contributed by atoms with van der Waals surface area (Å²) in [5.74, 6) is 0.145. The molecular formula is C28H29F2N5O4. The van der Waals surface area contributed by atoms with Crippen LogP contribution in [0.4, 0.5) is 8.78 Å². The Bertz CT molecular complexity index is 1580. The molecule has 1 saturated heterocycles. The number of aryl methyl sites for hydroxylation is 1. The molecule has 0 bridgehead atoms. The monoisotopic (exact) mass is 537 g/mol. The van der Waals surface area contributed by atoms with E-state index in [9.17, 15) is 23.2 Å². The van der Waals surface area contributed by atoms with E-state index in [0.29, 0.717) is 31.4 Å². The Balaban J connectivity index is 1.57. The van der Waals surface area contributed by atoms with E-state index >= 15 is 0 Å². The third kappa shape index (κ3) is 5.34. The lowest BCUT2D eigenvalue weighted by atomic mass is 10.0. The van der Waals surface area contributed by atoms with Crippen LogP contribution in [0.15, 0.2) is 64.3 Å². The number of benzene rings is 2. The number of amides is 1. The smallest absolute Gasteiger partial charge is 0.332 e. The summed E-state index contributed by atoms with van der Waals surface area (Å²) in [7, 11) is 1.84. The summed E-state index contributed by atoms with van der Waals surface area (Å²) in [4.78, 5) is 40.3. The molecular weight excluding hydrogens is 508 g/mol. The van der Waals surface area contributed by atoms with Crippen LogP contribution in [0.2, 0.25) is 0 Å². The number of carbonyl (C=O) groups excluding carboxylic acids is 1. The molecule has 0 unspecified atom stereocenters. The zero-order chi connectivity index (χ0) is 27.5. The van der Waals surface area contributed by atoms with Crippen molar-refractivity contribution in [3.05, 3.63) is 81.1 Å². The number of likely N-dealkylation sites (tertiary alicyclic amines) is 1. The molecule has 39 heavy (non-hydrogen) atoms. The molecule has 0 radical (unpaired) electrons. The predicted octanol–water partition coefficient (Wildman–Crippen LogP) is 3.09. The van der Waals surface area contributed by atoms with Gasteiger partial charge in [0, 0.05) is 37.9 Å². The summed E-state index contributed by atoms with van der Waals surface area (Å²) < 4.78 is 36.1. The van der Waals surface area contributed by atoms with Crippen LogP contribution in [0.25, 0.3) is 22.2 Å². The summed E-state index contributed by atoms with van der Waals surface area (Å²) in [6.07, 6.45) is 2.47. The number of piperidine rings is 1. The van der Waals surface area contributed by atoms with E-state index in [1.807, 2.05) is 43.6 Å². The van der Waals surface area contributed by atoms with Crippen LogP contribution in [-0.2, 0) is 18.4 Å². The maximum absolute atomic E-state index is 13.8. The van der Waals surface area contributed by atoms with Crippen LogP contribution in [-0.4, -0.2) is 62.8 Å². The lowest BCUT2D eigenvalue weighted by molar-refractivity contribution is -0.119. The van der Waals surface area contributed by atoms with Crippen molar-refractivity contribution in [3.8, 4) is 17.0 Å². The molecule has 4 aromatic rings. The zero-order valence-corrected chi connectivity index (χ0v) is 21.5. The average molecular weight is 538 g/mol. The Morgan fingerprint density at radius 1 is 1.05 bits per heavy atom. The summed E-state index contributed by atoms with van der Waals surface area (Å²) >= 11 is 0. The van der Waals surface area contributed by atoms with Gasteiger partial charge in [0.15, 0.2) is 6.10 Å². The molecule has 204 valence electrons. The van der Waals surface area contributed by atoms with Crippen molar-refractivity contribution in [2.24, 2.45) is 7.05 Å². The fraction of sp³-hybridized carbons (Fsp3) is 0.357. The van der Waals surface area contributed by atoms with Crippen LogP contribution >= 0.6 is 0 Å². The van der Waals surface area contributed by atoms with E-state index in [0.717, 1.165) is 23.2 Å². The van der Waals surface area contributed by atoms with Crippen LogP contribution in [0, 0.1) is 0 Å². The van der Waals surface area contributed by atoms with Gasteiger partial charge in [0.25, 0.3) is 5.56 Å². The highest BCUT2D eigenvalue weighted by Gasteiger charge is 2.25. The Hall–Kier alpha value is -4.28. The Morgan fingerprint density at radius 3 is 2.38 bits per heavy atom. The van der Waals surface area contributed by atoms with Crippen LogP contribution < -0.4 is 16.0 Å². The molecule has 1 aliphatic heterocycles. The van der Waals surface area contributed by atoms with E-state index in [1.54, 1.807) is 20.2 Å². The third-order valence-corrected chi connectivity index (χ3v) is 7.10. The minimum absolute atomic E-state index is 0.0337. The Morgan fingerprint density at radius 2 is 1.77 bits per heavy atom. The van der Waals surface area contributed by atoms with Crippen molar-refractivity contribution in [3.63, 3.8) is 0 Å². The molecule has 0 N–H and O–H groups in total. The van der Waals surface area contributed by atoms with E-state index in [4.69, 9.17) is 4.74 Å². The molecule has 5 rings (SSSR count). The third-order valence-electron chi connectivity index (χ3n) is 7.10. The molecule has 0 spiro atoms. The molecule has 0 aliphatic carbocycles. The van der Waals surface area contributed by atoms with E-state index in [1.165, 1.54) is 16.7 Å². The highest BCUT2D eigenvalue weighted by molar-refractivity contribution is 5.80. The molecule has 3 heterocycles. The first-order valence-electron chi connectivity index (χ1n) is 12.8. The van der Waals surface area contributed by atoms with Crippen molar-refractivity contribution in [2.75, 3.05) is 26.4 Å². The summed E-state index contributed by atoms with van der Waals surface area (Å²) in [6, 6.07) is 13.7. The van der Waals surface area contributed by atoms with Gasteiger partial charge in [-0.15, -0.1) is 0 Å². The van der Waals surface area contributed by atoms with Gasteiger partial charge >= 0.3 is 5.69 Å². The largest absolute Gasteiger partial charge is 0.485 e. The first-order chi connectivity index (χ1) is 18.9. The number of ether oxygens (including phenoxy) is 1. The second-order valence-electron chi connectivity index (χ2n) is 9.72. The van der Waals surface area contributed by atoms with E-state index in [2.05, 4.69) is 5.10 Å². The normalized spacial score (nSPS) is 14.3. The first-order valence-corrected chi connectivity index (χ1v) is 12.8. The molecule has 9 nitrogen and oxygen atoms in total. The quantitative estimate of drug-likeness (QED) is 0.306. The molecule has 1 fully saturated rings. The van der Waals surface area contributed by atoms with Crippen LogP contribution in [0.1, 0.15) is 24.4 Å².